The highest BCUT2D eigenvalue weighted by Crippen LogP contribution is 2.25. The standard InChI is InChI=1S/C22H20N4O2/c1-14-8-7-11-18(12-14)26-22(28)20(16(3)24-26)13-19-15(2)23-25(21(19)27)17-9-5-4-6-10-17/h4-13,23H,1-3H3. The van der Waals surface area contributed by atoms with Crippen molar-refractivity contribution in [3.05, 3.63) is 87.3 Å². The highest BCUT2D eigenvalue weighted by atomic mass is 16.2. The van der Waals surface area contributed by atoms with Crippen molar-refractivity contribution < 1.29 is 4.79 Å². The maximum atomic E-state index is 13.0. The predicted molar refractivity (Wildman–Crippen MR) is 111 cm³/mol. The first-order chi connectivity index (χ1) is 13.5. The number of hydrogen-bond acceptors (Lipinski definition) is 3. The Morgan fingerprint density at radius 1 is 0.929 bits per heavy atom. The molecule has 2 aromatic carbocycles. The average molecular weight is 372 g/mol. The van der Waals surface area contributed by atoms with E-state index in [2.05, 4.69) is 10.2 Å². The van der Waals surface area contributed by atoms with Crippen molar-refractivity contribution in [3.63, 3.8) is 0 Å². The Morgan fingerprint density at radius 3 is 2.36 bits per heavy atom. The van der Waals surface area contributed by atoms with E-state index in [4.69, 9.17) is 0 Å². The van der Waals surface area contributed by atoms with Crippen LogP contribution in [0.25, 0.3) is 11.8 Å². The minimum atomic E-state index is -0.241. The molecule has 2 heterocycles. The minimum Gasteiger partial charge on any atom is -0.295 e. The lowest BCUT2D eigenvalue weighted by Gasteiger charge is -2.12. The SMILES string of the molecule is CC1=NN(c2cccc(C)c2)C(=O)C1=Cc1c(C)[nH]n(-c2ccccc2)c1=O. The number of aryl methyl sites for hydroxylation is 2. The van der Waals surface area contributed by atoms with Crippen LogP contribution in [0.5, 0.6) is 0 Å². The Bertz CT molecular complexity index is 1180. The van der Waals surface area contributed by atoms with E-state index in [1.54, 1.807) is 13.0 Å². The summed E-state index contributed by atoms with van der Waals surface area (Å²) in [5.41, 5.74) is 4.43. The molecule has 0 saturated heterocycles. The molecule has 0 unspecified atom stereocenters. The third-order valence-corrected chi connectivity index (χ3v) is 4.73. The quantitative estimate of drug-likeness (QED) is 0.714. The topological polar surface area (TPSA) is 70.5 Å². The smallest absolute Gasteiger partial charge is 0.280 e. The second-order valence-corrected chi connectivity index (χ2v) is 6.83. The highest BCUT2D eigenvalue weighted by Gasteiger charge is 2.29. The minimum absolute atomic E-state index is 0.203. The zero-order chi connectivity index (χ0) is 19.8. The number of hydrogen-bond donors (Lipinski definition) is 1. The van der Waals surface area contributed by atoms with Gasteiger partial charge in [-0.05, 0) is 56.7 Å². The number of nitrogens with zero attached hydrogens (tertiary/aromatic N) is 3. The van der Waals surface area contributed by atoms with Crippen molar-refractivity contribution >= 4 is 23.4 Å². The molecule has 1 amide bonds. The maximum Gasteiger partial charge on any atom is 0.280 e. The van der Waals surface area contributed by atoms with Crippen molar-refractivity contribution in [2.24, 2.45) is 5.10 Å². The van der Waals surface area contributed by atoms with E-state index in [0.717, 1.165) is 11.3 Å². The van der Waals surface area contributed by atoms with Crippen LogP contribution >= 0.6 is 0 Å². The van der Waals surface area contributed by atoms with Crippen molar-refractivity contribution in [2.45, 2.75) is 20.8 Å². The van der Waals surface area contributed by atoms with Crippen LogP contribution in [0.1, 0.15) is 23.7 Å². The number of aromatic amines is 1. The number of benzene rings is 2. The summed E-state index contributed by atoms with van der Waals surface area (Å²) in [7, 11) is 0. The number of amides is 1. The highest BCUT2D eigenvalue weighted by molar-refractivity contribution is 6.32. The predicted octanol–water partition coefficient (Wildman–Crippen LogP) is 3.59. The lowest BCUT2D eigenvalue weighted by atomic mass is 10.1. The Kier molecular flexibility index (Phi) is 4.31. The molecule has 1 aliphatic heterocycles. The molecule has 0 bridgehead atoms. The molecular formula is C22H20N4O2. The summed E-state index contributed by atoms with van der Waals surface area (Å²) in [6.07, 6.45) is 1.63. The second kappa shape index (κ2) is 6.81. The molecule has 4 rings (SSSR count). The summed E-state index contributed by atoms with van der Waals surface area (Å²) in [4.78, 5) is 25.9. The number of nitrogens with one attached hydrogen (secondary N) is 1. The lowest BCUT2D eigenvalue weighted by Crippen LogP contribution is -2.22. The van der Waals surface area contributed by atoms with Crippen molar-refractivity contribution in [2.75, 3.05) is 5.01 Å². The van der Waals surface area contributed by atoms with Crippen LogP contribution in [0.2, 0.25) is 0 Å². The van der Waals surface area contributed by atoms with Gasteiger partial charge in [0.2, 0.25) is 0 Å². The molecule has 0 fully saturated rings. The summed E-state index contributed by atoms with van der Waals surface area (Å²) < 4.78 is 1.48. The molecule has 0 spiro atoms. The zero-order valence-corrected chi connectivity index (χ0v) is 15.9. The van der Waals surface area contributed by atoms with Gasteiger partial charge in [-0.2, -0.15) is 10.1 Å². The van der Waals surface area contributed by atoms with Gasteiger partial charge in [0.05, 0.1) is 28.2 Å². The third-order valence-electron chi connectivity index (χ3n) is 4.73. The molecular weight excluding hydrogens is 352 g/mol. The molecule has 0 atom stereocenters. The van der Waals surface area contributed by atoms with E-state index in [-0.39, 0.29) is 11.5 Å². The summed E-state index contributed by atoms with van der Waals surface area (Å²) in [5.74, 6) is -0.241. The van der Waals surface area contributed by atoms with Gasteiger partial charge in [-0.1, -0.05) is 30.3 Å². The van der Waals surface area contributed by atoms with E-state index >= 15 is 0 Å². The number of aromatic nitrogens is 2. The normalized spacial score (nSPS) is 15.4. The second-order valence-electron chi connectivity index (χ2n) is 6.83. The van der Waals surface area contributed by atoms with Gasteiger partial charge in [0, 0.05) is 5.69 Å². The number of rotatable bonds is 3. The fraction of sp³-hybridized carbons (Fsp3) is 0.136. The van der Waals surface area contributed by atoms with Crippen LogP contribution in [0, 0.1) is 13.8 Å². The van der Waals surface area contributed by atoms with E-state index in [0.29, 0.717) is 28.2 Å². The molecule has 6 nitrogen and oxygen atoms in total. The number of H-pyrrole nitrogens is 1. The molecule has 140 valence electrons. The summed E-state index contributed by atoms with van der Waals surface area (Å²) in [5, 5.41) is 8.85. The molecule has 28 heavy (non-hydrogen) atoms. The Hall–Kier alpha value is -3.67. The van der Waals surface area contributed by atoms with Crippen molar-refractivity contribution in [1.29, 1.82) is 0 Å². The van der Waals surface area contributed by atoms with E-state index in [1.165, 1.54) is 9.69 Å². The first kappa shape index (κ1) is 17.7. The van der Waals surface area contributed by atoms with Gasteiger partial charge in [0.1, 0.15) is 0 Å². The van der Waals surface area contributed by atoms with Crippen LogP contribution in [0.15, 0.2) is 70.1 Å². The fourth-order valence-corrected chi connectivity index (χ4v) is 3.25. The van der Waals surface area contributed by atoms with Crippen molar-refractivity contribution in [3.8, 4) is 5.69 Å². The van der Waals surface area contributed by atoms with Crippen LogP contribution in [-0.2, 0) is 4.79 Å². The van der Waals surface area contributed by atoms with Gasteiger partial charge < -0.3 is 0 Å². The number of carbonyl (C=O) groups is 1. The largest absolute Gasteiger partial charge is 0.295 e. The van der Waals surface area contributed by atoms with Crippen LogP contribution in [0.3, 0.4) is 0 Å². The molecule has 0 saturated carbocycles. The summed E-state index contributed by atoms with van der Waals surface area (Å²) in [6, 6.07) is 16.9. The Morgan fingerprint density at radius 2 is 1.64 bits per heavy atom. The molecule has 1 aliphatic rings. The molecule has 0 aliphatic carbocycles. The van der Waals surface area contributed by atoms with Gasteiger partial charge in [0.15, 0.2) is 0 Å². The Balaban J connectivity index is 1.74. The van der Waals surface area contributed by atoms with Gasteiger partial charge >= 0.3 is 0 Å². The Labute approximate surface area is 162 Å². The molecule has 1 aromatic heterocycles. The van der Waals surface area contributed by atoms with E-state index in [1.807, 2.05) is 68.4 Å². The first-order valence-corrected chi connectivity index (χ1v) is 9.01. The van der Waals surface area contributed by atoms with Gasteiger partial charge in [0.25, 0.3) is 11.5 Å². The molecule has 0 radical (unpaired) electrons. The molecule has 1 N–H and O–H groups in total. The third kappa shape index (κ3) is 2.99. The van der Waals surface area contributed by atoms with E-state index < -0.39 is 0 Å². The summed E-state index contributed by atoms with van der Waals surface area (Å²) >= 11 is 0. The van der Waals surface area contributed by atoms with Crippen molar-refractivity contribution in [1.82, 2.24) is 9.78 Å². The molecule has 3 aromatic rings. The van der Waals surface area contributed by atoms with E-state index in [9.17, 15) is 9.59 Å². The monoisotopic (exact) mass is 372 g/mol. The van der Waals surface area contributed by atoms with Crippen LogP contribution in [0.4, 0.5) is 5.69 Å². The zero-order valence-electron chi connectivity index (χ0n) is 15.9. The maximum absolute atomic E-state index is 13.0. The number of anilines is 1. The number of carbonyl (C=O) groups excluding carboxylic acids is 1. The van der Waals surface area contributed by atoms with Crippen LogP contribution in [-0.4, -0.2) is 21.4 Å². The first-order valence-electron chi connectivity index (χ1n) is 9.01. The van der Waals surface area contributed by atoms with Crippen LogP contribution < -0.4 is 10.6 Å². The van der Waals surface area contributed by atoms with Gasteiger partial charge in [-0.15, -0.1) is 0 Å². The van der Waals surface area contributed by atoms with Gasteiger partial charge in [-0.25, -0.2) is 4.68 Å². The molecule has 6 heteroatoms. The average Bonchev–Trinajstić information content (AvgIpc) is 3.13. The number of para-hydroxylation sites is 1. The number of hydrazone groups is 1. The lowest BCUT2D eigenvalue weighted by molar-refractivity contribution is -0.114. The fourth-order valence-electron chi connectivity index (χ4n) is 3.25. The van der Waals surface area contributed by atoms with Gasteiger partial charge in [-0.3, -0.25) is 14.7 Å². The summed E-state index contributed by atoms with van der Waals surface area (Å²) in [6.45, 7) is 5.56.